The SMILES string of the molecule is O=S(=O)(/C=C/c1ccc(Cl)cc1)NCCC[NH+]1CCOCC1. The molecule has 0 aliphatic carbocycles. The van der Waals surface area contributed by atoms with Crippen LogP contribution in [0.4, 0.5) is 0 Å². The Kier molecular flexibility index (Phi) is 6.85. The molecule has 0 spiro atoms. The lowest BCUT2D eigenvalue weighted by atomic mass is 10.2. The van der Waals surface area contributed by atoms with Crippen LogP contribution in [-0.2, 0) is 14.8 Å². The van der Waals surface area contributed by atoms with E-state index in [-0.39, 0.29) is 0 Å². The van der Waals surface area contributed by atoms with Crippen molar-refractivity contribution in [3.63, 3.8) is 0 Å². The Balaban J connectivity index is 1.72. The summed E-state index contributed by atoms with van der Waals surface area (Å²) in [5.41, 5.74) is 0.799. The minimum atomic E-state index is -3.39. The van der Waals surface area contributed by atoms with E-state index in [0.717, 1.165) is 44.8 Å². The van der Waals surface area contributed by atoms with Gasteiger partial charge in [0, 0.05) is 23.4 Å². The van der Waals surface area contributed by atoms with Crippen LogP contribution < -0.4 is 9.62 Å². The van der Waals surface area contributed by atoms with Crippen molar-refractivity contribution >= 4 is 27.7 Å². The van der Waals surface area contributed by atoms with Gasteiger partial charge in [-0.15, -0.1) is 0 Å². The maximum absolute atomic E-state index is 11.9. The van der Waals surface area contributed by atoms with Crippen molar-refractivity contribution < 1.29 is 18.1 Å². The van der Waals surface area contributed by atoms with E-state index in [1.807, 2.05) is 0 Å². The highest BCUT2D eigenvalue weighted by molar-refractivity contribution is 7.92. The molecule has 0 unspecified atom stereocenters. The molecule has 122 valence electrons. The van der Waals surface area contributed by atoms with E-state index in [9.17, 15) is 8.42 Å². The summed E-state index contributed by atoms with van der Waals surface area (Å²) >= 11 is 5.79. The zero-order chi connectivity index (χ0) is 15.8. The third kappa shape index (κ3) is 6.46. The fourth-order valence-electron chi connectivity index (χ4n) is 2.25. The molecule has 0 atom stereocenters. The van der Waals surface area contributed by atoms with Crippen molar-refractivity contribution in [3.8, 4) is 0 Å². The molecular weight excluding hydrogens is 324 g/mol. The molecular formula is C15H22ClN2O3S+. The van der Waals surface area contributed by atoms with Crippen molar-refractivity contribution in [3.05, 3.63) is 40.3 Å². The largest absolute Gasteiger partial charge is 0.370 e. The van der Waals surface area contributed by atoms with E-state index in [1.54, 1.807) is 30.3 Å². The zero-order valence-electron chi connectivity index (χ0n) is 12.4. The van der Waals surface area contributed by atoms with Crippen molar-refractivity contribution in [1.29, 1.82) is 0 Å². The number of ether oxygens (including phenoxy) is 1. The smallest absolute Gasteiger partial charge is 0.233 e. The normalized spacial score (nSPS) is 17.1. The van der Waals surface area contributed by atoms with E-state index in [2.05, 4.69) is 4.72 Å². The molecule has 2 rings (SSSR count). The number of quaternary nitrogens is 1. The number of nitrogens with one attached hydrogen (secondary N) is 2. The van der Waals surface area contributed by atoms with Gasteiger partial charge in [0.05, 0.1) is 19.8 Å². The van der Waals surface area contributed by atoms with E-state index in [0.29, 0.717) is 11.6 Å². The first-order chi connectivity index (χ1) is 10.6. The van der Waals surface area contributed by atoms with Crippen LogP contribution in [0.15, 0.2) is 29.7 Å². The van der Waals surface area contributed by atoms with Gasteiger partial charge in [-0.05, 0) is 23.8 Å². The van der Waals surface area contributed by atoms with E-state index in [1.165, 1.54) is 10.3 Å². The van der Waals surface area contributed by atoms with Crippen LogP contribution in [0.3, 0.4) is 0 Å². The fraction of sp³-hybridized carbons (Fsp3) is 0.467. The Labute approximate surface area is 137 Å². The van der Waals surface area contributed by atoms with Gasteiger partial charge >= 0.3 is 0 Å². The van der Waals surface area contributed by atoms with Gasteiger partial charge in [-0.25, -0.2) is 13.1 Å². The van der Waals surface area contributed by atoms with Gasteiger partial charge in [0.1, 0.15) is 13.1 Å². The Morgan fingerprint density at radius 3 is 2.59 bits per heavy atom. The molecule has 1 aliphatic rings. The van der Waals surface area contributed by atoms with Crippen LogP contribution in [0.2, 0.25) is 5.02 Å². The van der Waals surface area contributed by atoms with Gasteiger partial charge in [-0.3, -0.25) is 0 Å². The summed E-state index contributed by atoms with van der Waals surface area (Å²) in [6.07, 6.45) is 2.38. The average Bonchev–Trinajstić information content (AvgIpc) is 2.52. The molecule has 1 aromatic rings. The van der Waals surface area contributed by atoms with Crippen LogP contribution in [0.1, 0.15) is 12.0 Å². The maximum Gasteiger partial charge on any atom is 0.233 e. The predicted octanol–water partition coefficient (Wildman–Crippen LogP) is 0.535. The number of morpholine rings is 1. The summed E-state index contributed by atoms with van der Waals surface area (Å²) in [5.74, 6) is 0. The van der Waals surface area contributed by atoms with E-state index < -0.39 is 10.0 Å². The number of sulfonamides is 1. The van der Waals surface area contributed by atoms with Crippen molar-refractivity contribution in [2.75, 3.05) is 39.4 Å². The molecule has 2 N–H and O–H groups in total. The Morgan fingerprint density at radius 1 is 1.23 bits per heavy atom. The van der Waals surface area contributed by atoms with E-state index in [4.69, 9.17) is 16.3 Å². The standard InChI is InChI=1S/C15H21ClN2O3S/c16-15-4-2-14(3-5-15)6-13-22(19,20)17-7-1-8-18-9-11-21-12-10-18/h2-6,13,17H,1,7-12H2/p+1/b13-6+. The molecule has 1 heterocycles. The van der Waals surface area contributed by atoms with Crippen molar-refractivity contribution in [2.24, 2.45) is 0 Å². The number of halogens is 1. The molecule has 1 fully saturated rings. The van der Waals surface area contributed by atoms with Crippen LogP contribution in [0, 0.1) is 0 Å². The minimum absolute atomic E-state index is 0.456. The molecule has 1 aliphatic heterocycles. The van der Waals surface area contributed by atoms with Crippen LogP contribution in [0.25, 0.3) is 6.08 Å². The zero-order valence-corrected chi connectivity index (χ0v) is 14.0. The molecule has 1 saturated heterocycles. The second kappa shape index (κ2) is 8.64. The van der Waals surface area contributed by atoms with Gasteiger partial charge in [0.2, 0.25) is 10.0 Å². The molecule has 0 aromatic heterocycles. The van der Waals surface area contributed by atoms with Crippen LogP contribution in [-0.4, -0.2) is 47.8 Å². The quantitative estimate of drug-likeness (QED) is 0.709. The third-order valence-electron chi connectivity index (χ3n) is 3.52. The molecule has 7 heteroatoms. The Bertz CT molecular complexity index is 581. The van der Waals surface area contributed by atoms with Gasteiger partial charge in [-0.2, -0.15) is 0 Å². The first-order valence-electron chi connectivity index (χ1n) is 7.40. The van der Waals surface area contributed by atoms with Gasteiger partial charge in [0.15, 0.2) is 0 Å². The minimum Gasteiger partial charge on any atom is -0.370 e. The third-order valence-corrected chi connectivity index (χ3v) is 4.87. The molecule has 0 saturated carbocycles. The second-order valence-electron chi connectivity index (χ2n) is 5.26. The summed E-state index contributed by atoms with van der Waals surface area (Å²) < 4.78 is 31.6. The first-order valence-corrected chi connectivity index (χ1v) is 9.32. The number of rotatable bonds is 7. The molecule has 1 aromatic carbocycles. The summed E-state index contributed by atoms with van der Waals surface area (Å²) in [4.78, 5) is 1.47. The van der Waals surface area contributed by atoms with E-state index >= 15 is 0 Å². The second-order valence-corrected chi connectivity index (χ2v) is 7.35. The Morgan fingerprint density at radius 2 is 1.91 bits per heavy atom. The summed E-state index contributed by atoms with van der Waals surface area (Å²) in [5, 5.41) is 1.82. The molecule has 0 amide bonds. The topological polar surface area (TPSA) is 59.8 Å². The first kappa shape index (κ1) is 17.4. The lowest BCUT2D eigenvalue weighted by Gasteiger charge is -2.23. The monoisotopic (exact) mass is 345 g/mol. The number of hydrogen-bond donors (Lipinski definition) is 2. The highest BCUT2D eigenvalue weighted by Gasteiger charge is 2.13. The number of benzene rings is 1. The highest BCUT2D eigenvalue weighted by atomic mass is 35.5. The predicted molar refractivity (Wildman–Crippen MR) is 88.4 cm³/mol. The maximum atomic E-state index is 11.9. The summed E-state index contributed by atoms with van der Waals surface area (Å²) in [6.45, 7) is 5.02. The molecule has 22 heavy (non-hydrogen) atoms. The van der Waals surface area contributed by atoms with Crippen molar-refractivity contribution in [1.82, 2.24) is 4.72 Å². The van der Waals surface area contributed by atoms with Gasteiger partial charge in [-0.1, -0.05) is 23.7 Å². The van der Waals surface area contributed by atoms with Crippen LogP contribution in [0.5, 0.6) is 0 Å². The summed E-state index contributed by atoms with van der Waals surface area (Å²) in [6, 6.07) is 7.01. The van der Waals surface area contributed by atoms with Crippen LogP contribution >= 0.6 is 11.6 Å². The molecule has 0 radical (unpaired) electrons. The molecule has 5 nitrogen and oxygen atoms in total. The highest BCUT2D eigenvalue weighted by Crippen LogP contribution is 2.10. The fourth-order valence-corrected chi connectivity index (χ4v) is 3.24. The lowest BCUT2D eigenvalue weighted by molar-refractivity contribution is -0.908. The van der Waals surface area contributed by atoms with Crippen molar-refractivity contribution in [2.45, 2.75) is 6.42 Å². The Hall–Kier alpha value is -0.920. The average molecular weight is 346 g/mol. The number of hydrogen-bond acceptors (Lipinski definition) is 3. The lowest BCUT2D eigenvalue weighted by Crippen LogP contribution is -3.14. The summed E-state index contributed by atoms with van der Waals surface area (Å²) in [7, 11) is -3.39. The van der Waals surface area contributed by atoms with Gasteiger partial charge < -0.3 is 9.64 Å². The van der Waals surface area contributed by atoms with Gasteiger partial charge in [0.25, 0.3) is 0 Å². The molecule has 0 bridgehead atoms.